The number of hydrogen-bond donors (Lipinski definition) is 4. The number of nitrogens with one attached hydrogen (secondary N) is 1. The summed E-state index contributed by atoms with van der Waals surface area (Å²) >= 11 is 0. The number of benzene rings is 1. The minimum absolute atomic E-state index is 0.0310. The van der Waals surface area contributed by atoms with Crippen LogP contribution in [0.3, 0.4) is 0 Å². The van der Waals surface area contributed by atoms with E-state index in [4.69, 9.17) is 15.9 Å². The Morgan fingerprint density at radius 3 is 2.47 bits per heavy atom. The molecule has 0 spiro atoms. The largest absolute Gasteiger partial charge is 0.480 e. The number of amides is 1. The Bertz CT molecular complexity index is 468. The van der Waals surface area contributed by atoms with Gasteiger partial charge < -0.3 is 21.3 Å². The molecule has 0 aromatic heterocycles. The second kappa shape index (κ2) is 7.17. The SMILES string of the molecule is Nc1ccc(/C=C/C(=O)NC(CCO)C(=O)O)cc1. The van der Waals surface area contributed by atoms with Crippen molar-refractivity contribution in [2.24, 2.45) is 0 Å². The number of carbonyl (C=O) groups is 2. The molecular weight excluding hydrogens is 248 g/mol. The van der Waals surface area contributed by atoms with Gasteiger partial charge in [-0.15, -0.1) is 0 Å². The Hall–Kier alpha value is -2.34. The molecule has 0 fully saturated rings. The lowest BCUT2D eigenvalue weighted by Gasteiger charge is -2.11. The molecule has 6 heteroatoms. The second-order valence-electron chi connectivity index (χ2n) is 3.91. The number of carboxylic acids is 1. The number of nitrogens with two attached hydrogens (primary N) is 1. The number of carbonyl (C=O) groups excluding carboxylic acids is 1. The van der Waals surface area contributed by atoms with Crippen LogP contribution < -0.4 is 11.1 Å². The molecule has 1 aromatic carbocycles. The molecule has 0 saturated heterocycles. The summed E-state index contributed by atoms with van der Waals surface area (Å²) in [6, 6.07) is 5.78. The molecule has 0 saturated carbocycles. The highest BCUT2D eigenvalue weighted by molar-refractivity contribution is 5.94. The van der Waals surface area contributed by atoms with Crippen molar-refractivity contribution in [2.45, 2.75) is 12.5 Å². The fraction of sp³-hybridized carbons (Fsp3) is 0.231. The number of aliphatic hydroxyl groups is 1. The molecule has 1 rings (SSSR count). The zero-order valence-electron chi connectivity index (χ0n) is 10.2. The molecule has 0 aliphatic heterocycles. The maximum absolute atomic E-state index is 11.5. The molecule has 0 heterocycles. The highest BCUT2D eigenvalue weighted by atomic mass is 16.4. The van der Waals surface area contributed by atoms with Crippen molar-refractivity contribution in [3.8, 4) is 0 Å². The van der Waals surface area contributed by atoms with Crippen molar-refractivity contribution in [2.75, 3.05) is 12.3 Å². The van der Waals surface area contributed by atoms with Gasteiger partial charge in [-0.1, -0.05) is 12.1 Å². The number of aliphatic carboxylic acids is 1. The molecule has 0 aliphatic rings. The summed E-state index contributed by atoms with van der Waals surface area (Å²) in [7, 11) is 0. The van der Waals surface area contributed by atoms with E-state index in [0.29, 0.717) is 5.69 Å². The van der Waals surface area contributed by atoms with E-state index in [0.717, 1.165) is 5.56 Å². The van der Waals surface area contributed by atoms with Gasteiger partial charge in [0.05, 0.1) is 0 Å². The van der Waals surface area contributed by atoms with E-state index in [1.165, 1.54) is 6.08 Å². The highest BCUT2D eigenvalue weighted by Gasteiger charge is 2.17. The summed E-state index contributed by atoms with van der Waals surface area (Å²) in [6.45, 7) is -0.307. The number of hydrogen-bond acceptors (Lipinski definition) is 4. The second-order valence-corrected chi connectivity index (χ2v) is 3.91. The van der Waals surface area contributed by atoms with Crippen molar-refractivity contribution in [3.63, 3.8) is 0 Å². The van der Waals surface area contributed by atoms with Crippen LogP contribution in [-0.2, 0) is 9.59 Å². The van der Waals surface area contributed by atoms with Crippen molar-refractivity contribution in [3.05, 3.63) is 35.9 Å². The summed E-state index contributed by atoms with van der Waals surface area (Å²) in [4.78, 5) is 22.3. The van der Waals surface area contributed by atoms with Gasteiger partial charge in [0.2, 0.25) is 5.91 Å². The van der Waals surface area contributed by atoms with Gasteiger partial charge in [0.15, 0.2) is 0 Å². The van der Waals surface area contributed by atoms with Gasteiger partial charge in [-0.05, 0) is 23.8 Å². The van der Waals surface area contributed by atoms with Gasteiger partial charge in [0.1, 0.15) is 6.04 Å². The number of carboxylic acid groups (broad SMARTS) is 1. The van der Waals surface area contributed by atoms with Crippen molar-refractivity contribution < 1.29 is 19.8 Å². The van der Waals surface area contributed by atoms with Crippen molar-refractivity contribution >= 4 is 23.6 Å². The van der Waals surface area contributed by atoms with Gasteiger partial charge in [0.25, 0.3) is 0 Å². The van der Waals surface area contributed by atoms with E-state index in [1.54, 1.807) is 30.3 Å². The predicted molar refractivity (Wildman–Crippen MR) is 71.2 cm³/mol. The topological polar surface area (TPSA) is 113 Å². The molecule has 1 aromatic rings. The lowest BCUT2D eigenvalue weighted by Crippen LogP contribution is -2.40. The van der Waals surface area contributed by atoms with Crippen LogP contribution in [0, 0.1) is 0 Å². The van der Waals surface area contributed by atoms with Crippen LogP contribution >= 0.6 is 0 Å². The van der Waals surface area contributed by atoms with Crippen molar-refractivity contribution in [1.29, 1.82) is 0 Å². The van der Waals surface area contributed by atoms with Gasteiger partial charge >= 0.3 is 5.97 Å². The van der Waals surface area contributed by atoms with Gasteiger partial charge in [-0.2, -0.15) is 0 Å². The van der Waals surface area contributed by atoms with Crippen LogP contribution in [0.5, 0.6) is 0 Å². The third-order valence-corrected chi connectivity index (χ3v) is 2.40. The molecule has 1 atom stereocenters. The molecule has 102 valence electrons. The third-order valence-electron chi connectivity index (χ3n) is 2.40. The Balaban J connectivity index is 2.58. The Morgan fingerprint density at radius 1 is 1.32 bits per heavy atom. The van der Waals surface area contributed by atoms with Crippen LogP contribution in [0.2, 0.25) is 0 Å². The third kappa shape index (κ3) is 5.22. The van der Waals surface area contributed by atoms with Crippen LogP contribution in [0.1, 0.15) is 12.0 Å². The monoisotopic (exact) mass is 264 g/mol. The summed E-state index contributed by atoms with van der Waals surface area (Å²) in [5, 5.41) is 19.8. The van der Waals surface area contributed by atoms with E-state index in [-0.39, 0.29) is 13.0 Å². The average molecular weight is 264 g/mol. The van der Waals surface area contributed by atoms with Gasteiger partial charge in [0, 0.05) is 24.8 Å². The van der Waals surface area contributed by atoms with E-state index >= 15 is 0 Å². The van der Waals surface area contributed by atoms with E-state index < -0.39 is 17.9 Å². The quantitative estimate of drug-likeness (QED) is 0.434. The van der Waals surface area contributed by atoms with Crippen LogP contribution in [0.15, 0.2) is 30.3 Å². The zero-order valence-corrected chi connectivity index (χ0v) is 10.2. The first-order valence-electron chi connectivity index (χ1n) is 5.70. The van der Waals surface area contributed by atoms with E-state index in [9.17, 15) is 9.59 Å². The van der Waals surface area contributed by atoms with E-state index in [1.807, 2.05) is 0 Å². The van der Waals surface area contributed by atoms with Crippen LogP contribution in [0.25, 0.3) is 6.08 Å². The standard InChI is InChI=1S/C13H16N2O4/c14-10-4-1-9(2-5-10)3-6-12(17)15-11(7-8-16)13(18)19/h1-6,11,16H,7-8,14H2,(H,15,17)(H,18,19)/b6-3+. The lowest BCUT2D eigenvalue weighted by molar-refractivity contribution is -0.141. The molecule has 0 radical (unpaired) electrons. The summed E-state index contributed by atoms with van der Waals surface area (Å²) in [5.41, 5.74) is 6.92. The molecule has 5 N–H and O–H groups in total. The number of rotatable bonds is 6. The molecule has 1 amide bonds. The Kier molecular flexibility index (Phi) is 5.56. The molecular formula is C13H16N2O4. The summed E-state index contributed by atoms with van der Waals surface area (Å²) < 4.78 is 0. The molecule has 0 bridgehead atoms. The molecule has 1 unspecified atom stereocenters. The Labute approximate surface area is 110 Å². The minimum Gasteiger partial charge on any atom is -0.480 e. The average Bonchev–Trinajstić information content (AvgIpc) is 2.37. The first-order chi connectivity index (χ1) is 9.02. The van der Waals surface area contributed by atoms with Crippen LogP contribution in [0.4, 0.5) is 5.69 Å². The lowest BCUT2D eigenvalue weighted by atomic mass is 10.2. The Morgan fingerprint density at radius 2 is 1.95 bits per heavy atom. The van der Waals surface area contributed by atoms with E-state index in [2.05, 4.69) is 5.32 Å². The molecule has 0 aliphatic carbocycles. The maximum Gasteiger partial charge on any atom is 0.326 e. The number of aliphatic hydroxyl groups excluding tert-OH is 1. The van der Waals surface area contributed by atoms with Gasteiger partial charge in [-0.25, -0.2) is 4.79 Å². The predicted octanol–water partition coefficient (Wildman–Crippen LogP) is 0.234. The smallest absolute Gasteiger partial charge is 0.326 e. The minimum atomic E-state index is -1.18. The van der Waals surface area contributed by atoms with Gasteiger partial charge in [-0.3, -0.25) is 4.79 Å². The highest BCUT2D eigenvalue weighted by Crippen LogP contribution is 2.06. The fourth-order valence-corrected chi connectivity index (χ4v) is 1.39. The number of nitrogen functional groups attached to an aromatic ring is 1. The first kappa shape index (κ1) is 14.7. The normalized spacial score (nSPS) is 12.3. The zero-order chi connectivity index (χ0) is 14.3. The first-order valence-corrected chi connectivity index (χ1v) is 5.70. The molecule has 19 heavy (non-hydrogen) atoms. The van der Waals surface area contributed by atoms with Crippen molar-refractivity contribution in [1.82, 2.24) is 5.32 Å². The summed E-state index contributed by atoms with van der Waals surface area (Å²) in [6.07, 6.45) is 2.75. The fourth-order valence-electron chi connectivity index (χ4n) is 1.39. The number of anilines is 1. The van der Waals surface area contributed by atoms with Crippen LogP contribution in [-0.4, -0.2) is 34.7 Å². The molecule has 6 nitrogen and oxygen atoms in total. The summed E-state index contributed by atoms with van der Waals surface area (Å²) in [5.74, 6) is -1.71. The maximum atomic E-state index is 11.5.